The minimum atomic E-state index is -1.19. The number of aromatic nitrogens is 5. The quantitative estimate of drug-likeness (QED) is 0.580. The molecule has 0 saturated carbocycles. The van der Waals surface area contributed by atoms with Crippen LogP contribution in [-0.2, 0) is 4.74 Å². The zero-order valence-corrected chi connectivity index (χ0v) is 12.0. The Bertz CT molecular complexity index is 818. The molecule has 3 aromatic rings. The van der Waals surface area contributed by atoms with Gasteiger partial charge in [0.15, 0.2) is 23.2 Å². The Morgan fingerprint density at radius 3 is 2.57 bits per heavy atom. The molecule has 1 aliphatic heterocycles. The summed E-state index contributed by atoms with van der Waals surface area (Å²) in [6, 6.07) is 3.74. The van der Waals surface area contributed by atoms with Crippen molar-refractivity contribution in [2.75, 3.05) is 6.61 Å². The normalized spacial score (nSPS) is 27.8. The topological polar surface area (TPSA) is 118 Å². The molecule has 0 aliphatic carbocycles. The van der Waals surface area contributed by atoms with E-state index in [1.807, 2.05) is 24.5 Å². The molecule has 0 radical (unpaired) electrons. The number of hydrogen-bond donors (Lipinski definition) is 3. The second-order valence-electron chi connectivity index (χ2n) is 5.34. The van der Waals surface area contributed by atoms with Crippen LogP contribution in [0.5, 0.6) is 0 Å². The molecule has 9 nitrogen and oxygen atoms in total. The predicted octanol–water partition coefficient (Wildman–Crippen LogP) is -0.772. The number of rotatable bonds is 3. The number of nitrogens with zero attached hydrogens (tertiary/aromatic N) is 5. The fourth-order valence-corrected chi connectivity index (χ4v) is 2.80. The van der Waals surface area contributed by atoms with Crippen LogP contribution < -0.4 is 0 Å². The maximum Gasteiger partial charge on any atom is 0.168 e. The molecule has 120 valence electrons. The van der Waals surface area contributed by atoms with Gasteiger partial charge in [-0.05, 0) is 12.1 Å². The molecule has 0 unspecified atom stereocenters. The fourth-order valence-electron chi connectivity index (χ4n) is 2.80. The van der Waals surface area contributed by atoms with E-state index in [9.17, 15) is 15.3 Å². The minimum Gasteiger partial charge on any atom is -0.394 e. The summed E-state index contributed by atoms with van der Waals surface area (Å²) in [4.78, 5) is 12.8. The van der Waals surface area contributed by atoms with Gasteiger partial charge in [-0.15, -0.1) is 0 Å². The van der Waals surface area contributed by atoms with Crippen LogP contribution >= 0.6 is 0 Å². The Morgan fingerprint density at radius 1 is 1.09 bits per heavy atom. The van der Waals surface area contributed by atoms with Gasteiger partial charge < -0.3 is 24.6 Å². The second-order valence-corrected chi connectivity index (χ2v) is 5.34. The summed E-state index contributed by atoms with van der Waals surface area (Å²) in [5, 5.41) is 29.3. The Kier molecular flexibility index (Phi) is 3.34. The van der Waals surface area contributed by atoms with Gasteiger partial charge in [0, 0.05) is 12.4 Å². The van der Waals surface area contributed by atoms with Crippen LogP contribution in [0, 0.1) is 0 Å². The van der Waals surface area contributed by atoms with Crippen LogP contribution in [-0.4, -0.2) is 64.3 Å². The Balaban J connectivity index is 1.80. The molecule has 9 heteroatoms. The third kappa shape index (κ3) is 2.13. The molecule has 4 rings (SSSR count). The maximum atomic E-state index is 10.2. The summed E-state index contributed by atoms with van der Waals surface area (Å²) in [6.45, 7) is -0.384. The average molecular weight is 317 g/mol. The van der Waals surface area contributed by atoms with E-state index in [0.717, 1.165) is 0 Å². The van der Waals surface area contributed by atoms with E-state index >= 15 is 0 Å². The lowest BCUT2D eigenvalue weighted by atomic mass is 10.1. The first kappa shape index (κ1) is 14.3. The highest BCUT2D eigenvalue weighted by Gasteiger charge is 2.44. The molecule has 1 aliphatic rings. The molecule has 3 aromatic heterocycles. The summed E-state index contributed by atoms with van der Waals surface area (Å²) in [6.07, 6.45) is 2.48. The van der Waals surface area contributed by atoms with Crippen LogP contribution in [0.15, 0.2) is 37.2 Å². The van der Waals surface area contributed by atoms with E-state index in [4.69, 9.17) is 4.74 Å². The van der Waals surface area contributed by atoms with E-state index in [0.29, 0.717) is 17.0 Å². The molecule has 0 spiro atoms. The standard InChI is InChI=1S/C14H15N5O4/c20-5-8-10(21)11(22)14(23-8)19-7-17-9-12(15-6-16-13(9)19)18-3-1-2-4-18/h1-4,6-8,10-11,14,20-22H,5H2/t8-,10-,11-,14-/m1/s1. The van der Waals surface area contributed by atoms with E-state index in [1.165, 1.54) is 17.2 Å². The van der Waals surface area contributed by atoms with Crippen LogP contribution in [0.1, 0.15) is 6.23 Å². The van der Waals surface area contributed by atoms with E-state index < -0.39 is 24.5 Å². The minimum absolute atomic E-state index is 0.384. The third-order valence-corrected chi connectivity index (χ3v) is 3.98. The highest BCUT2D eigenvalue weighted by Crippen LogP contribution is 2.31. The van der Waals surface area contributed by atoms with Gasteiger partial charge in [0.2, 0.25) is 0 Å². The SMILES string of the molecule is OC[C@H]1O[C@@H](n2cnc3c(-n4cccc4)ncnc32)[C@H](O)[C@@H]1O. The molecule has 1 fully saturated rings. The van der Waals surface area contributed by atoms with Crippen molar-refractivity contribution in [3.8, 4) is 5.82 Å². The molecule has 3 N–H and O–H groups in total. The van der Waals surface area contributed by atoms with E-state index in [2.05, 4.69) is 15.0 Å². The molecule has 0 bridgehead atoms. The molecule has 4 atom stereocenters. The molecule has 0 aromatic carbocycles. The van der Waals surface area contributed by atoms with Crippen molar-refractivity contribution >= 4 is 11.2 Å². The first-order chi connectivity index (χ1) is 11.2. The van der Waals surface area contributed by atoms with Crippen LogP contribution in [0.25, 0.3) is 17.0 Å². The number of ether oxygens (including phenoxy) is 1. The lowest BCUT2D eigenvalue weighted by Crippen LogP contribution is -2.33. The molecule has 23 heavy (non-hydrogen) atoms. The van der Waals surface area contributed by atoms with E-state index in [1.54, 1.807) is 4.57 Å². The third-order valence-electron chi connectivity index (χ3n) is 3.98. The Morgan fingerprint density at radius 2 is 1.87 bits per heavy atom. The van der Waals surface area contributed by atoms with Crippen molar-refractivity contribution in [3.63, 3.8) is 0 Å². The Labute approximate surface area is 130 Å². The number of imidazole rings is 1. The maximum absolute atomic E-state index is 10.2. The monoisotopic (exact) mass is 317 g/mol. The largest absolute Gasteiger partial charge is 0.394 e. The van der Waals surface area contributed by atoms with Crippen molar-refractivity contribution in [3.05, 3.63) is 37.2 Å². The van der Waals surface area contributed by atoms with Gasteiger partial charge in [-0.3, -0.25) is 4.57 Å². The predicted molar refractivity (Wildman–Crippen MR) is 77.7 cm³/mol. The number of aliphatic hydroxyl groups excluding tert-OH is 3. The summed E-state index contributed by atoms with van der Waals surface area (Å²) in [5.41, 5.74) is 1.01. The number of hydrogen-bond acceptors (Lipinski definition) is 7. The molecule has 0 amide bonds. The highest BCUT2D eigenvalue weighted by atomic mass is 16.6. The van der Waals surface area contributed by atoms with Crippen molar-refractivity contribution in [1.29, 1.82) is 0 Å². The van der Waals surface area contributed by atoms with Gasteiger partial charge in [0.25, 0.3) is 0 Å². The van der Waals surface area contributed by atoms with Gasteiger partial charge >= 0.3 is 0 Å². The first-order valence-electron chi connectivity index (χ1n) is 7.14. The Hall–Kier alpha value is -2.33. The second kappa shape index (κ2) is 5.39. The van der Waals surface area contributed by atoms with E-state index in [-0.39, 0.29) is 6.61 Å². The smallest absolute Gasteiger partial charge is 0.168 e. The van der Waals surface area contributed by atoms with Crippen LogP contribution in [0.3, 0.4) is 0 Å². The van der Waals surface area contributed by atoms with Crippen molar-refractivity contribution in [2.24, 2.45) is 0 Å². The van der Waals surface area contributed by atoms with Gasteiger partial charge in [0.05, 0.1) is 12.9 Å². The van der Waals surface area contributed by atoms with Crippen molar-refractivity contribution in [2.45, 2.75) is 24.5 Å². The summed E-state index contributed by atoms with van der Waals surface area (Å²) < 4.78 is 8.86. The molecule has 1 saturated heterocycles. The van der Waals surface area contributed by atoms with Crippen molar-refractivity contribution in [1.82, 2.24) is 24.1 Å². The fraction of sp³-hybridized carbons (Fsp3) is 0.357. The van der Waals surface area contributed by atoms with Gasteiger partial charge in [-0.25, -0.2) is 15.0 Å². The zero-order chi connectivity index (χ0) is 16.0. The summed E-state index contributed by atoms with van der Waals surface area (Å²) in [7, 11) is 0. The molecular formula is C14H15N5O4. The van der Waals surface area contributed by atoms with Crippen molar-refractivity contribution < 1.29 is 20.1 Å². The van der Waals surface area contributed by atoms with Crippen LogP contribution in [0.2, 0.25) is 0 Å². The lowest BCUT2D eigenvalue weighted by Gasteiger charge is -2.16. The number of fused-ring (bicyclic) bond motifs is 1. The summed E-state index contributed by atoms with van der Waals surface area (Å²) >= 11 is 0. The average Bonchev–Trinajstić information content (AvgIpc) is 3.28. The number of aliphatic hydroxyl groups is 3. The summed E-state index contributed by atoms with van der Waals surface area (Å²) in [5.74, 6) is 0.602. The zero-order valence-electron chi connectivity index (χ0n) is 12.0. The van der Waals surface area contributed by atoms with Crippen LogP contribution in [0.4, 0.5) is 0 Å². The molecular weight excluding hydrogens is 302 g/mol. The molecule has 4 heterocycles. The first-order valence-corrected chi connectivity index (χ1v) is 7.14. The van der Waals surface area contributed by atoms with Gasteiger partial charge in [-0.1, -0.05) is 0 Å². The highest BCUT2D eigenvalue weighted by molar-refractivity contribution is 5.78. The van der Waals surface area contributed by atoms with Gasteiger partial charge in [-0.2, -0.15) is 0 Å². The lowest BCUT2D eigenvalue weighted by molar-refractivity contribution is -0.0511. The van der Waals surface area contributed by atoms with Gasteiger partial charge in [0.1, 0.15) is 24.6 Å².